The lowest BCUT2D eigenvalue weighted by Crippen LogP contribution is -2.33. The molecule has 1 atom stereocenters. The summed E-state index contributed by atoms with van der Waals surface area (Å²) in [6.45, 7) is 12.1. The molecule has 92 valence electrons. The number of hydrogen-bond acceptors (Lipinski definition) is 2. The number of nitrogens with one attached hydrogen (secondary N) is 1. The standard InChI is InChI=1S/C13H29NO/c1-7-14-12(10-11(2)3)8-9-13(4,5)15-6/h11-12,14H,7-10H2,1-6H3. The van der Waals surface area contributed by atoms with Gasteiger partial charge in [-0.3, -0.25) is 0 Å². The second kappa shape index (κ2) is 7.24. The van der Waals surface area contributed by atoms with Crippen LogP contribution in [0.3, 0.4) is 0 Å². The highest BCUT2D eigenvalue weighted by Crippen LogP contribution is 2.19. The molecule has 1 unspecified atom stereocenters. The largest absolute Gasteiger partial charge is 0.379 e. The van der Waals surface area contributed by atoms with E-state index in [9.17, 15) is 0 Å². The molecule has 0 bridgehead atoms. The van der Waals surface area contributed by atoms with Crippen molar-refractivity contribution >= 4 is 0 Å². The average molecular weight is 215 g/mol. The number of hydrogen-bond donors (Lipinski definition) is 1. The van der Waals surface area contributed by atoms with Gasteiger partial charge in [0.1, 0.15) is 0 Å². The van der Waals surface area contributed by atoms with Crippen molar-refractivity contribution < 1.29 is 4.74 Å². The van der Waals surface area contributed by atoms with Gasteiger partial charge in [-0.05, 0) is 45.6 Å². The van der Waals surface area contributed by atoms with Crippen molar-refractivity contribution in [2.24, 2.45) is 5.92 Å². The van der Waals surface area contributed by atoms with Crippen LogP contribution in [0.4, 0.5) is 0 Å². The second-order valence-corrected chi connectivity index (χ2v) is 5.39. The molecule has 0 aliphatic carbocycles. The molecule has 0 aliphatic heterocycles. The van der Waals surface area contributed by atoms with Gasteiger partial charge in [0.15, 0.2) is 0 Å². The van der Waals surface area contributed by atoms with Crippen LogP contribution >= 0.6 is 0 Å². The van der Waals surface area contributed by atoms with E-state index in [0.29, 0.717) is 6.04 Å². The number of rotatable bonds is 8. The maximum absolute atomic E-state index is 5.44. The number of methoxy groups -OCH3 is 1. The van der Waals surface area contributed by atoms with Crippen molar-refractivity contribution in [3.8, 4) is 0 Å². The molecule has 0 saturated carbocycles. The molecule has 0 radical (unpaired) electrons. The van der Waals surface area contributed by atoms with Crippen molar-refractivity contribution in [3.63, 3.8) is 0 Å². The summed E-state index contributed by atoms with van der Waals surface area (Å²) in [5.74, 6) is 0.764. The van der Waals surface area contributed by atoms with Crippen molar-refractivity contribution in [2.45, 2.75) is 65.5 Å². The van der Waals surface area contributed by atoms with Gasteiger partial charge >= 0.3 is 0 Å². The Hall–Kier alpha value is -0.0800. The first-order chi connectivity index (χ1) is 6.91. The van der Waals surface area contributed by atoms with E-state index in [1.54, 1.807) is 7.11 Å². The first kappa shape index (κ1) is 14.9. The monoisotopic (exact) mass is 215 g/mol. The van der Waals surface area contributed by atoms with E-state index in [2.05, 4.69) is 39.9 Å². The van der Waals surface area contributed by atoms with Crippen LogP contribution in [0, 0.1) is 5.92 Å². The lowest BCUT2D eigenvalue weighted by Gasteiger charge is -2.27. The molecule has 0 aromatic carbocycles. The summed E-state index contributed by atoms with van der Waals surface area (Å²) in [6.07, 6.45) is 3.58. The minimum Gasteiger partial charge on any atom is -0.379 e. The van der Waals surface area contributed by atoms with Gasteiger partial charge < -0.3 is 10.1 Å². The van der Waals surface area contributed by atoms with Crippen LogP contribution in [0.1, 0.15) is 53.9 Å². The van der Waals surface area contributed by atoms with Gasteiger partial charge in [0.05, 0.1) is 5.60 Å². The van der Waals surface area contributed by atoms with Crippen LogP contribution in [0.5, 0.6) is 0 Å². The van der Waals surface area contributed by atoms with Crippen molar-refractivity contribution in [2.75, 3.05) is 13.7 Å². The molecule has 15 heavy (non-hydrogen) atoms. The molecule has 0 aromatic rings. The van der Waals surface area contributed by atoms with Gasteiger partial charge in [-0.2, -0.15) is 0 Å². The molecule has 2 heteroatoms. The summed E-state index contributed by atoms with van der Waals surface area (Å²) in [4.78, 5) is 0. The van der Waals surface area contributed by atoms with Gasteiger partial charge in [0.25, 0.3) is 0 Å². The Morgan fingerprint density at radius 1 is 1.27 bits per heavy atom. The van der Waals surface area contributed by atoms with Gasteiger partial charge in [0.2, 0.25) is 0 Å². The molecule has 0 aliphatic rings. The lowest BCUT2D eigenvalue weighted by atomic mass is 9.94. The molecule has 0 rings (SSSR count). The van der Waals surface area contributed by atoms with Crippen molar-refractivity contribution in [1.29, 1.82) is 0 Å². The highest BCUT2D eigenvalue weighted by atomic mass is 16.5. The maximum atomic E-state index is 5.44. The fraction of sp³-hybridized carbons (Fsp3) is 1.00. The average Bonchev–Trinajstić information content (AvgIpc) is 2.14. The number of ether oxygens (including phenoxy) is 1. The molecule has 0 aromatic heterocycles. The molecule has 0 amide bonds. The van der Waals surface area contributed by atoms with Crippen LogP contribution in [0.15, 0.2) is 0 Å². The Labute approximate surface area is 95.8 Å². The predicted octanol–water partition coefficient (Wildman–Crippen LogP) is 3.22. The SMILES string of the molecule is CCNC(CCC(C)(C)OC)CC(C)C. The van der Waals surface area contributed by atoms with E-state index < -0.39 is 0 Å². The van der Waals surface area contributed by atoms with Gasteiger partial charge in [-0.1, -0.05) is 20.8 Å². The van der Waals surface area contributed by atoms with Gasteiger partial charge in [-0.15, -0.1) is 0 Å². The predicted molar refractivity (Wildman–Crippen MR) is 67.2 cm³/mol. The Balaban J connectivity index is 3.94. The van der Waals surface area contributed by atoms with Crippen molar-refractivity contribution in [1.82, 2.24) is 5.32 Å². The Kier molecular flexibility index (Phi) is 7.20. The molecular formula is C13H29NO. The highest BCUT2D eigenvalue weighted by molar-refractivity contribution is 4.75. The summed E-state index contributed by atoms with van der Waals surface area (Å²) in [5.41, 5.74) is 0.0185. The third-order valence-corrected chi connectivity index (χ3v) is 2.90. The molecule has 0 heterocycles. The summed E-state index contributed by atoms with van der Waals surface area (Å²) >= 11 is 0. The highest BCUT2D eigenvalue weighted by Gasteiger charge is 2.19. The molecule has 2 nitrogen and oxygen atoms in total. The zero-order valence-corrected chi connectivity index (χ0v) is 11.4. The van der Waals surface area contributed by atoms with Crippen molar-refractivity contribution in [3.05, 3.63) is 0 Å². The fourth-order valence-electron chi connectivity index (χ4n) is 1.78. The van der Waals surface area contributed by atoms with Gasteiger partial charge in [-0.25, -0.2) is 0 Å². The van der Waals surface area contributed by atoms with Crippen LogP contribution in [0.2, 0.25) is 0 Å². The Morgan fingerprint density at radius 2 is 1.87 bits per heavy atom. The van der Waals surface area contributed by atoms with Crippen LogP contribution < -0.4 is 5.32 Å². The van der Waals surface area contributed by atoms with Crippen LogP contribution in [0.25, 0.3) is 0 Å². The first-order valence-corrected chi connectivity index (χ1v) is 6.19. The second-order valence-electron chi connectivity index (χ2n) is 5.39. The fourth-order valence-corrected chi connectivity index (χ4v) is 1.78. The van der Waals surface area contributed by atoms with E-state index >= 15 is 0 Å². The zero-order valence-electron chi connectivity index (χ0n) is 11.4. The van der Waals surface area contributed by atoms with E-state index in [1.807, 2.05) is 0 Å². The molecule has 0 saturated heterocycles. The summed E-state index contributed by atoms with van der Waals surface area (Å²) in [7, 11) is 1.80. The Morgan fingerprint density at radius 3 is 2.27 bits per heavy atom. The minimum atomic E-state index is 0.0185. The van der Waals surface area contributed by atoms with E-state index in [0.717, 1.165) is 18.9 Å². The normalized spacial score (nSPS) is 14.6. The van der Waals surface area contributed by atoms with E-state index in [4.69, 9.17) is 4.74 Å². The topological polar surface area (TPSA) is 21.3 Å². The minimum absolute atomic E-state index is 0.0185. The zero-order chi connectivity index (χ0) is 11.9. The van der Waals surface area contributed by atoms with E-state index in [1.165, 1.54) is 12.8 Å². The van der Waals surface area contributed by atoms with Crippen LogP contribution in [-0.4, -0.2) is 25.3 Å². The Bertz CT molecular complexity index is 155. The quantitative estimate of drug-likeness (QED) is 0.671. The summed E-state index contributed by atoms with van der Waals surface area (Å²) in [6, 6.07) is 0.643. The van der Waals surface area contributed by atoms with E-state index in [-0.39, 0.29) is 5.60 Å². The smallest absolute Gasteiger partial charge is 0.0623 e. The molecule has 0 fully saturated rings. The summed E-state index contributed by atoms with van der Waals surface area (Å²) in [5, 5.41) is 3.56. The lowest BCUT2D eigenvalue weighted by molar-refractivity contribution is 0.0113. The molecule has 0 spiro atoms. The maximum Gasteiger partial charge on any atom is 0.0623 e. The first-order valence-electron chi connectivity index (χ1n) is 6.19. The molecular weight excluding hydrogens is 186 g/mol. The molecule has 1 N–H and O–H groups in total. The third-order valence-electron chi connectivity index (χ3n) is 2.90. The van der Waals surface area contributed by atoms with Gasteiger partial charge in [0, 0.05) is 13.2 Å². The summed E-state index contributed by atoms with van der Waals surface area (Å²) < 4.78 is 5.44. The van der Waals surface area contributed by atoms with Crippen LogP contribution in [-0.2, 0) is 4.74 Å². The third kappa shape index (κ3) is 7.80.